The first-order chi connectivity index (χ1) is 11.5. The number of hydrogen-bond acceptors (Lipinski definition) is 2. The van der Waals surface area contributed by atoms with Crippen molar-refractivity contribution in [1.82, 2.24) is 0 Å². The van der Waals surface area contributed by atoms with Crippen LogP contribution in [0.15, 0.2) is 12.2 Å². The number of hydrogen-bond donors (Lipinski definition) is 2. The van der Waals surface area contributed by atoms with Gasteiger partial charge in [-0.15, -0.1) is 0 Å². The molecule has 0 unspecified atom stereocenters. The first kappa shape index (κ1) is 24.9. The van der Waals surface area contributed by atoms with Crippen LogP contribution in [0.25, 0.3) is 0 Å². The molecule has 0 saturated heterocycles. The van der Waals surface area contributed by atoms with Crippen LogP contribution in [0.3, 0.4) is 0 Å². The lowest BCUT2D eigenvalue weighted by Gasteiger charge is -1.99. The number of allylic oxidation sites excluding steroid dienone is 2. The number of carbonyl (C=O) groups excluding carboxylic acids is 1. The fourth-order valence-corrected chi connectivity index (χ4v) is 2.37. The summed E-state index contributed by atoms with van der Waals surface area (Å²) < 4.78 is 0. The van der Waals surface area contributed by atoms with E-state index in [1.165, 1.54) is 70.6 Å². The highest BCUT2D eigenvalue weighted by Gasteiger charge is 1.94. The van der Waals surface area contributed by atoms with E-state index in [0.29, 0.717) is 6.42 Å². The van der Waals surface area contributed by atoms with Crippen LogP contribution in [-0.4, -0.2) is 17.0 Å². The van der Waals surface area contributed by atoms with Crippen LogP contribution < -0.4 is 5.73 Å². The molecule has 0 aliphatic rings. The zero-order chi connectivity index (χ0) is 18.5. The number of carbonyl (C=O) groups is 2. The molecule has 4 nitrogen and oxygen atoms in total. The smallest absolute Gasteiger partial charge is 0.300 e. The van der Waals surface area contributed by atoms with Crippen molar-refractivity contribution in [2.75, 3.05) is 0 Å². The molecule has 0 radical (unpaired) electrons. The Morgan fingerprint density at radius 3 is 1.58 bits per heavy atom. The summed E-state index contributed by atoms with van der Waals surface area (Å²) >= 11 is 0. The molecule has 1 amide bonds. The highest BCUT2D eigenvalue weighted by Crippen LogP contribution is 2.09. The van der Waals surface area contributed by atoms with Gasteiger partial charge in [0.2, 0.25) is 5.91 Å². The number of carboxylic acid groups (broad SMARTS) is 1. The normalized spacial score (nSPS) is 10.4. The van der Waals surface area contributed by atoms with Gasteiger partial charge in [-0.1, -0.05) is 70.4 Å². The third kappa shape index (κ3) is 32.6. The Morgan fingerprint density at radius 1 is 0.792 bits per heavy atom. The Balaban J connectivity index is 0. The van der Waals surface area contributed by atoms with Crippen molar-refractivity contribution in [2.24, 2.45) is 5.73 Å². The summed E-state index contributed by atoms with van der Waals surface area (Å²) in [5.41, 5.74) is 5.10. The van der Waals surface area contributed by atoms with E-state index in [2.05, 4.69) is 19.1 Å². The van der Waals surface area contributed by atoms with Crippen LogP contribution in [0, 0.1) is 0 Å². The Bertz CT molecular complexity index is 310. The van der Waals surface area contributed by atoms with Crippen LogP contribution in [0.5, 0.6) is 0 Å². The lowest BCUT2D eigenvalue weighted by Crippen LogP contribution is -2.09. The largest absolute Gasteiger partial charge is 0.481 e. The van der Waals surface area contributed by atoms with E-state index >= 15 is 0 Å². The third-order valence-electron chi connectivity index (χ3n) is 3.68. The van der Waals surface area contributed by atoms with Gasteiger partial charge in [0.05, 0.1) is 0 Å². The second-order valence-electron chi connectivity index (χ2n) is 6.32. The predicted octanol–water partition coefficient (Wildman–Crippen LogP) is 5.60. The van der Waals surface area contributed by atoms with Crippen LogP contribution >= 0.6 is 0 Å². The van der Waals surface area contributed by atoms with Gasteiger partial charge < -0.3 is 10.8 Å². The minimum absolute atomic E-state index is 0.164. The summed E-state index contributed by atoms with van der Waals surface area (Å²) in [6.45, 7) is 3.35. The van der Waals surface area contributed by atoms with Crippen molar-refractivity contribution < 1.29 is 14.7 Å². The molecule has 24 heavy (non-hydrogen) atoms. The maximum Gasteiger partial charge on any atom is 0.300 e. The van der Waals surface area contributed by atoms with E-state index in [1.807, 2.05) is 0 Å². The molecule has 0 bridgehead atoms. The zero-order valence-electron chi connectivity index (χ0n) is 15.9. The van der Waals surface area contributed by atoms with Gasteiger partial charge in [-0.25, -0.2) is 0 Å². The number of amides is 1. The summed E-state index contributed by atoms with van der Waals surface area (Å²) in [7, 11) is 0. The van der Waals surface area contributed by atoms with E-state index in [4.69, 9.17) is 15.6 Å². The molecule has 0 heterocycles. The molecule has 0 aromatic heterocycles. The molecule has 0 aliphatic carbocycles. The SMILES string of the molecule is CC(=O)O.CCCCCCCCC=CCCCCCCCC(N)=O. The first-order valence-electron chi connectivity index (χ1n) is 9.63. The number of carboxylic acids is 1. The second-order valence-corrected chi connectivity index (χ2v) is 6.32. The molecule has 3 N–H and O–H groups in total. The average Bonchev–Trinajstić information content (AvgIpc) is 2.50. The molecule has 142 valence electrons. The monoisotopic (exact) mass is 341 g/mol. The standard InChI is InChI=1S/C18H35NO.C2H4O2/c1-2-3-4-5-6-7-8-9-10-11-12-13-14-15-16-17-18(19)20;1-2(3)4/h9-10H,2-8,11-17H2,1H3,(H2,19,20);1H3,(H,3,4). The quantitative estimate of drug-likeness (QED) is 0.300. The lowest BCUT2D eigenvalue weighted by atomic mass is 10.1. The van der Waals surface area contributed by atoms with Crippen molar-refractivity contribution in [3.05, 3.63) is 12.2 Å². The van der Waals surface area contributed by atoms with Crippen molar-refractivity contribution >= 4 is 11.9 Å². The number of nitrogens with two attached hydrogens (primary N) is 1. The molecular weight excluding hydrogens is 302 g/mol. The number of rotatable bonds is 15. The number of unbranched alkanes of at least 4 members (excludes halogenated alkanes) is 11. The molecular formula is C20H39NO3. The molecule has 0 aromatic rings. The summed E-state index contributed by atoms with van der Waals surface area (Å²) in [5, 5.41) is 7.42. The fraction of sp³-hybridized carbons (Fsp3) is 0.800. The molecule has 0 aromatic carbocycles. The minimum Gasteiger partial charge on any atom is -0.481 e. The zero-order valence-corrected chi connectivity index (χ0v) is 15.9. The maximum atomic E-state index is 10.5. The van der Waals surface area contributed by atoms with Crippen LogP contribution in [0.2, 0.25) is 0 Å². The Labute approximate surface area is 148 Å². The van der Waals surface area contributed by atoms with E-state index in [0.717, 1.165) is 19.8 Å². The summed E-state index contributed by atoms with van der Waals surface area (Å²) in [4.78, 5) is 19.5. The second kappa shape index (κ2) is 21.7. The van der Waals surface area contributed by atoms with Gasteiger partial charge in [-0.2, -0.15) is 0 Å². The molecule has 4 heteroatoms. The first-order valence-corrected chi connectivity index (χ1v) is 9.63. The molecule has 0 spiro atoms. The molecule has 0 atom stereocenters. The molecule has 0 rings (SSSR count). The van der Waals surface area contributed by atoms with E-state index in [9.17, 15) is 4.79 Å². The third-order valence-corrected chi connectivity index (χ3v) is 3.68. The summed E-state index contributed by atoms with van der Waals surface area (Å²) in [6, 6.07) is 0. The Hall–Kier alpha value is -1.32. The van der Waals surface area contributed by atoms with Crippen molar-refractivity contribution in [2.45, 2.75) is 104 Å². The van der Waals surface area contributed by atoms with Gasteiger partial charge >= 0.3 is 0 Å². The Kier molecular flexibility index (Phi) is 22.5. The van der Waals surface area contributed by atoms with Gasteiger partial charge in [-0.3, -0.25) is 9.59 Å². The van der Waals surface area contributed by atoms with Gasteiger partial charge in [0.25, 0.3) is 5.97 Å². The van der Waals surface area contributed by atoms with Gasteiger partial charge in [0, 0.05) is 13.3 Å². The van der Waals surface area contributed by atoms with Gasteiger partial charge in [-0.05, 0) is 32.1 Å². The van der Waals surface area contributed by atoms with Gasteiger partial charge in [0.1, 0.15) is 0 Å². The Morgan fingerprint density at radius 2 is 1.17 bits per heavy atom. The summed E-state index contributed by atoms with van der Waals surface area (Å²) in [6.07, 6.45) is 21.9. The van der Waals surface area contributed by atoms with Crippen molar-refractivity contribution in [1.29, 1.82) is 0 Å². The summed E-state index contributed by atoms with van der Waals surface area (Å²) in [5.74, 6) is -0.998. The molecule has 0 saturated carbocycles. The molecule has 0 aliphatic heterocycles. The lowest BCUT2D eigenvalue weighted by molar-refractivity contribution is -0.134. The topological polar surface area (TPSA) is 80.4 Å². The minimum atomic E-state index is -0.833. The van der Waals surface area contributed by atoms with Crippen molar-refractivity contribution in [3.8, 4) is 0 Å². The van der Waals surface area contributed by atoms with Crippen LogP contribution in [0.1, 0.15) is 104 Å². The number of primary amides is 1. The molecule has 0 fully saturated rings. The maximum absolute atomic E-state index is 10.5. The highest BCUT2D eigenvalue weighted by molar-refractivity contribution is 5.73. The number of aliphatic carboxylic acids is 1. The predicted molar refractivity (Wildman–Crippen MR) is 102 cm³/mol. The van der Waals surface area contributed by atoms with Gasteiger partial charge in [0.15, 0.2) is 0 Å². The van der Waals surface area contributed by atoms with E-state index < -0.39 is 5.97 Å². The van der Waals surface area contributed by atoms with E-state index in [1.54, 1.807) is 0 Å². The van der Waals surface area contributed by atoms with Crippen LogP contribution in [0.4, 0.5) is 0 Å². The van der Waals surface area contributed by atoms with E-state index in [-0.39, 0.29) is 5.91 Å². The fourth-order valence-electron chi connectivity index (χ4n) is 2.37. The average molecular weight is 342 g/mol. The highest BCUT2D eigenvalue weighted by atomic mass is 16.4. The van der Waals surface area contributed by atoms with Crippen LogP contribution in [-0.2, 0) is 9.59 Å². The van der Waals surface area contributed by atoms with Crippen molar-refractivity contribution in [3.63, 3.8) is 0 Å².